The number of carbonyl (C=O) groups is 1. The highest BCUT2D eigenvalue weighted by Gasteiger charge is 2.07. The average Bonchev–Trinajstić information content (AvgIpc) is 2.46. The molecule has 0 bridgehead atoms. The summed E-state index contributed by atoms with van der Waals surface area (Å²) in [6.07, 6.45) is 2.90. The second-order valence-electron chi connectivity index (χ2n) is 4.20. The van der Waals surface area contributed by atoms with Crippen molar-refractivity contribution in [3.63, 3.8) is 0 Å². The van der Waals surface area contributed by atoms with Crippen molar-refractivity contribution >= 4 is 11.9 Å². The van der Waals surface area contributed by atoms with E-state index in [4.69, 9.17) is 5.11 Å². The van der Waals surface area contributed by atoms with Crippen LogP contribution in [0.3, 0.4) is 0 Å². The normalized spacial score (nSPS) is 11.0. The number of hydrogen-bond donors (Lipinski definition) is 1. The van der Waals surface area contributed by atoms with Gasteiger partial charge in [0.25, 0.3) is 0 Å². The van der Waals surface area contributed by atoms with E-state index in [2.05, 4.69) is 4.74 Å². The molecule has 0 aliphatic rings. The highest BCUT2D eigenvalue weighted by Crippen LogP contribution is 2.17. The molecule has 0 atom stereocenters. The molecule has 0 saturated carbocycles. The van der Waals surface area contributed by atoms with Crippen molar-refractivity contribution in [3.05, 3.63) is 65.7 Å². The number of benzene rings is 2. The van der Waals surface area contributed by atoms with E-state index in [9.17, 15) is 13.6 Å². The standard InChI is InChI=1S/C16H12F2O3/c17-16(18)21-14-3-1-2-12(10-14)15(20)9-6-11-4-7-13(19)8-5-11/h1-10,16,19H/b9-6+. The third kappa shape index (κ3) is 4.42. The lowest BCUT2D eigenvalue weighted by Gasteiger charge is -2.04. The summed E-state index contributed by atoms with van der Waals surface area (Å²) in [5.74, 6) is -0.257. The first-order chi connectivity index (χ1) is 10.0. The Morgan fingerprint density at radius 2 is 1.86 bits per heavy atom. The van der Waals surface area contributed by atoms with Crippen LogP contribution in [0.4, 0.5) is 8.78 Å². The van der Waals surface area contributed by atoms with Crippen LogP contribution in [0, 0.1) is 0 Å². The minimum absolute atomic E-state index is 0.0612. The Labute approximate surface area is 120 Å². The van der Waals surface area contributed by atoms with Gasteiger partial charge in [0.05, 0.1) is 0 Å². The van der Waals surface area contributed by atoms with E-state index < -0.39 is 6.61 Å². The fourth-order valence-corrected chi connectivity index (χ4v) is 1.68. The molecule has 0 fully saturated rings. The first-order valence-electron chi connectivity index (χ1n) is 6.11. The summed E-state index contributed by atoms with van der Waals surface area (Å²) >= 11 is 0. The summed E-state index contributed by atoms with van der Waals surface area (Å²) in [6.45, 7) is -2.93. The third-order valence-electron chi connectivity index (χ3n) is 2.66. The Morgan fingerprint density at radius 3 is 2.52 bits per heavy atom. The number of phenols is 1. The second kappa shape index (κ2) is 6.65. The van der Waals surface area contributed by atoms with Gasteiger partial charge < -0.3 is 9.84 Å². The Morgan fingerprint density at radius 1 is 1.14 bits per heavy atom. The Hall–Kier alpha value is -2.69. The molecule has 5 heteroatoms. The first-order valence-corrected chi connectivity index (χ1v) is 6.11. The largest absolute Gasteiger partial charge is 0.508 e. The number of ketones is 1. The monoisotopic (exact) mass is 290 g/mol. The van der Waals surface area contributed by atoms with Crippen molar-refractivity contribution < 1.29 is 23.4 Å². The number of carbonyl (C=O) groups excluding carboxylic acids is 1. The van der Waals surface area contributed by atoms with E-state index in [-0.39, 0.29) is 22.8 Å². The van der Waals surface area contributed by atoms with Crippen molar-refractivity contribution in [2.45, 2.75) is 6.61 Å². The van der Waals surface area contributed by atoms with E-state index in [0.29, 0.717) is 0 Å². The zero-order chi connectivity index (χ0) is 15.2. The van der Waals surface area contributed by atoms with Gasteiger partial charge in [0, 0.05) is 5.56 Å². The lowest BCUT2D eigenvalue weighted by molar-refractivity contribution is -0.0498. The van der Waals surface area contributed by atoms with Crippen molar-refractivity contribution in [1.29, 1.82) is 0 Å². The van der Waals surface area contributed by atoms with E-state index in [1.165, 1.54) is 42.5 Å². The molecular weight excluding hydrogens is 278 g/mol. The average molecular weight is 290 g/mol. The predicted molar refractivity (Wildman–Crippen MR) is 74.5 cm³/mol. The number of rotatable bonds is 5. The van der Waals surface area contributed by atoms with Gasteiger partial charge in [-0.2, -0.15) is 8.78 Å². The zero-order valence-corrected chi connectivity index (χ0v) is 10.9. The van der Waals surface area contributed by atoms with E-state index in [1.807, 2.05) is 0 Å². The molecule has 2 rings (SSSR count). The second-order valence-corrected chi connectivity index (χ2v) is 4.20. The van der Waals surface area contributed by atoms with Crippen LogP contribution in [0.2, 0.25) is 0 Å². The Kier molecular flexibility index (Phi) is 4.66. The molecule has 1 N–H and O–H groups in total. The van der Waals surface area contributed by atoms with E-state index in [0.717, 1.165) is 5.56 Å². The minimum Gasteiger partial charge on any atom is -0.508 e. The molecule has 0 aliphatic carbocycles. The van der Waals surface area contributed by atoms with Gasteiger partial charge in [-0.25, -0.2) is 0 Å². The zero-order valence-electron chi connectivity index (χ0n) is 10.9. The quantitative estimate of drug-likeness (QED) is 0.671. The van der Waals surface area contributed by atoms with Gasteiger partial charge in [0.15, 0.2) is 5.78 Å². The van der Waals surface area contributed by atoms with Crippen molar-refractivity contribution in [2.24, 2.45) is 0 Å². The molecule has 2 aromatic rings. The molecule has 0 radical (unpaired) electrons. The molecule has 21 heavy (non-hydrogen) atoms. The summed E-state index contributed by atoms with van der Waals surface area (Å²) in [7, 11) is 0. The number of alkyl halides is 2. The van der Waals surface area contributed by atoms with Crippen LogP contribution in [0.15, 0.2) is 54.6 Å². The summed E-state index contributed by atoms with van der Waals surface area (Å²) in [6, 6.07) is 11.9. The smallest absolute Gasteiger partial charge is 0.387 e. The highest BCUT2D eigenvalue weighted by atomic mass is 19.3. The van der Waals surface area contributed by atoms with Crippen molar-refractivity contribution in [1.82, 2.24) is 0 Å². The summed E-state index contributed by atoms with van der Waals surface area (Å²) in [5.41, 5.74) is 0.990. The van der Waals surface area contributed by atoms with Crippen LogP contribution in [-0.2, 0) is 0 Å². The molecule has 0 saturated heterocycles. The van der Waals surface area contributed by atoms with Crippen LogP contribution < -0.4 is 4.74 Å². The van der Waals surface area contributed by atoms with Gasteiger partial charge in [-0.15, -0.1) is 0 Å². The van der Waals surface area contributed by atoms with Crippen LogP contribution in [-0.4, -0.2) is 17.5 Å². The van der Waals surface area contributed by atoms with Gasteiger partial charge in [0.2, 0.25) is 0 Å². The van der Waals surface area contributed by atoms with Crippen LogP contribution in [0.25, 0.3) is 6.08 Å². The third-order valence-corrected chi connectivity index (χ3v) is 2.66. The van der Waals surface area contributed by atoms with Crippen LogP contribution in [0.1, 0.15) is 15.9 Å². The molecule has 0 unspecified atom stereocenters. The maximum atomic E-state index is 12.1. The number of hydrogen-bond acceptors (Lipinski definition) is 3. The topological polar surface area (TPSA) is 46.5 Å². The Bertz CT molecular complexity index is 649. The summed E-state index contributed by atoms with van der Waals surface area (Å²) < 4.78 is 28.5. The number of halogens is 2. The predicted octanol–water partition coefficient (Wildman–Crippen LogP) is 3.89. The first kappa shape index (κ1) is 14.7. The van der Waals surface area contributed by atoms with Crippen LogP contribution in [0.5, 0.6) is 11.5 Å². The minimum atomic E-state index is -2.93. The number of aromatic hydroxyl groups is 1. The van der Waals surface area contributed by atoms with Gasteiger partial charge in [0.1, 0.15) is 11.5 Å². The summed E-state index contributed by atoms with van der Waals surface area (Å²) in [5, 5.41) is 9.15. The molecule has 0 aromatic heterocycles. The fraction of sp³-hybridized carbons (Fsp3) is 0.0625. The van der Waals surface area contributed by atoms with Gasteiger partial charge in [-0.05, 0) is 35.9 Å². The molecule has 108 valence electrons. The number of ether oxygens (including phenoxy) is 1. The molecule has 0 heterocycles. The maximum absolute atomic E-state index is 12.1. The van der Waals surface area contributed by atoms with Crippen molar-refractivity contribution in [3.8, 4) is 11.5 Å². The lowest BCUT2D eigenvalue weighted by atomic mass is 10.1. The molecule has 0 aliphatic heterocycles. The van der Waals surface area contributed by atoms with E-state index in [1.54, 1.807) is 18.2 Å². The highest BCUT2D eigenvalue weighted by molar-refractivity contribution is 6.07. The lowest BCUT2D eigenvalue weighted by Crippen LogP contribution is -2.03. The SMILES string of the molecule is O=C(/C=C/c1ccc(O)cc1)c1cccc(OC(F)F)c1. The van der Waals surface area contributed by atoms with Gasteiger partial charge >= 0.3 is 6.61 Å². The van der Waals surface area contributed by atoms with Crippen molar-refractivity contribution in [2.75, 3.05) is 0 Å². The van der Waals surface area contributed by atoms with Gasteiger partial charge in [-0.3, -0.25) is 4.79 Å². The Balaban J connectivity index is 2.11. The number of allylic oxidation sites excluding steroid dienone is 1. The summed E-state index contributed by atoms with van der Waals surface area (Å²) in [4.78, 5) is 11.9. The molecule has 0 amide bonds. The fourth-order valence-electron chi connectivity index (χ4n) is 1.68. The van der Waals surface area contributed by atoms with Crippen LogP contribution >= 0.6 is 0 Å². The number of phenolic OH excluding ortho intramolecular Hbond substituents is 1. The van der Waals surface area contributed by atoms with Gasteiger partial charge in [-0.1, -0.05) is 30.3 Å². The maximum Gasteiger partial charge on any atom is 0.387 e. The molecule has 0 spiro atoms. The molecular formula is C16H12F2O3. The van der Waals surface area contributed by atoms with E-state index >= 15 is 0 Å². The molecule has 2 aromatic carbocycles. The molecule has 3 nitrogen and oxygen atoms in total.